The second-order valence-corrected chi connectivity index (χ2v) is 10.6. The van der Waals surface area contributed by atoms with Crippen molar-refractivity contribution in [2.75, 3.05) is 0 Å². The minimum atomic E-state index is 0.651. The summed E-state index contributed by atoms with van der Waals surface area (Å²) in [5, 5.41) is 4.70. The summed E-state index contributed by atoms with van der Waals surface area (Å²) in [6.07, 6.45) is 5.51. The van der Waals surface area contributed by atoms with E-state index in [1.54, 1.807) is 12.4 Å². The van der Waals surface area contributed by atoms with Gasteiger partial charge in [-0.05, 0) is 57.4 Å². The zero-order chi connectivity index (χ0) is 29.3. The van der Waals surface area contributed by atoms with Crippen LogP contribution in [0.5, 0.6) is 0 Å². The molecule has 206 valence electrons. The van der Waals surface area contributed by atoms with Gasteiger partial charge in [-0.2, -0.15) is 0 Å². The van der Waals surface area contributed by atoms with E-state index in [9.17, 15) is 0 Å². The Hall–Kier alpha value is -6.07. The molecule has 0 atom stereocenters. The molecule has 0 N–H and O–H groups in total. The molecule has 0 aliphatic rings. The Kier molecular flexibility index (Phi) is 6.39. The summed E-state index contributed by atoms with van der Waals surface area (Å²) >= 11 is 0. The standard InChI is InChI=1S/C39H25N5/c1-3-7-27(8-4-1)37-42-38(28-9-5-2-6-10-28)44-39(43-37)32-14-17-35-31(24-32)12-11-30-23-29(13-16-34(30)35)33-15-18-36(41-25-33)26-19-21-40-22-20-26/h1-25H. The number of benzene rings is 5. The Balaban J connectivity index is 1.17. The van der Waals surface area contributed by atoms with E-state index in [1.807, 2.05) is 79.0 Å². The van der Waals surface area contributed by atoms with E-state index in [2.05, 4.69) is 65.6 Å². The third-order valence-electron chi connectivity index (χ3n) is 7.87. The number of hydrogen-bond donors (Lipinski definition) is 0. The fraction of sp³-hybridized carbons (Fsp3) is 0. The molecule has 8 aromatic rings. The lowest BCUT2D eigenvalue weighted by Gasteiger charge is -2.11. The lowest BCUT2D eigenvalue weighted by molar-refractivity contribution is 1.07. The van der Waals surface area contributed by atoms with Gasteiger partial charge in [0.15, 0.2) is 17.5 Å². The van der Waals surface area contributed by atoms with Gasteiger partial charge in [0.1, 0.15) is 0 Å². The molecule has 0 amide bonds. The molecule has 0 radical (unpaired) electrons. The second kappa shape index (κ2) is 11.0. The minimum absolute atomic E-state index is 0.651. The van der Waals surface area contributed by atoms with Gasteiger partial charge in [0.25, 0.3) is 0 Å². The molecule has 3 aromatic heterocycles. The normalized spacial score (nSPS) is 11.2. The maximum absolute atomic E-state index is 4.91. The highest BCUT2D eigenvalue weighted by Gasteiger charge is 2.13. The van der Waals surface area contributed by atoms with Gasteiger partial charge in [-0.1, -0.05) is 103 Å². The van der Waals surface area contributed by atoms with E-state index in [0.717, 1.165) is 44.5 Å². The lowest BCUT2D eigenvalue weighted by Crippen LogP contribution is -2.00. The van der Waals surface area contributed by atoms with Gasteiger partial charge in [0.05, 0.1) is 5.69 Å². The zero-order valence-electron chi connectivity index (χ0n) is 23.7. The van der Waals surface area contributed by atoms with Crippen molar-refractivity contribution in [3.8, 4) is 56.5 Å². The maximum atomic E-state index is 4.91. The molecule has 0 fully saturated rings. The summed E-state index contributed by atoms with van der Waals surface area (Å²) in [4.78, 5) is 23.4. The number of nitrogens with zero attached hydrogens (tertiary/aromatic N) is 5. The molecule has 5 nitrogen and oxygen atoms in total. The van der Waals surface area contributed by atoms with Crippen LogP contribution in [0.4, 0.5) is 0 Å². The number of aromatic nitrogens is 5. The fourth-order valence-corrected chi connectivity index (χ4v) is 5.59. The molecule has 3 heterocycles. The number of fused-ring (bicyclic) bond motifs is 3. The Morgan fingerprint density at radius 1 is 0.364 bits per heavy atom. The first-order chi connectivity index (χ1) is 21.8. The van der Waals surface area contributed by atoms with Crippen LogP contribution in [-0.2, 0) is 0 Å². The summed E-state index contributed by atoms with van der Waals surface area (Å²) in [5.41, 5.74) is 7.07. The quantitative estimate of drug-likeness (QED) is 0.195. The van der Waals surface area contributed by atoms with Crippen LogP contribution in [0.3, 0.4) is 0 Å². The van der Waals surface area contributed by atoms with Crippen LogP contribution >= 0.6 is 0 Å². The number of rotatable bonds is 5. The fourth-order valence-electron chi connectivity index (χ4n) is 5.59. The van der Waals surface area contributed by atoms with Crippen molar-refractivity contribution in [2.24, 2.45) is 0 Å². The summed E-state index contributed by atoms with van der Waals surface area (Å²) in [5.74, 6) is 1.96. The van der Waals surface area contributed by atoms with Gasteiger partial charge in [-0.3, -0.25) is 9.97 Å². The Morgan fingerprint density at radius 2 is 0.886 bits per heavy atom. The molecule has 44 heavy (non-hydrogen) atoms. The second-order valence-electron chi connectivity index (χ2n) is 10.6. The topological polar surface area (TPSA) is 64.5 Å². The monoisotopic (exact) mass is 563 g/mol. The van der Waals surface area contributed by atoms with E-state index >= 15 is 0 Å². The molecule has 8 rings (SSSR count). The van der Waals surface area contributed by atoms with Crippen molar-refractivity contribution in [3.05, 3.63) is 152 Å². The summed E-state index contributed by atoms with van der Waals surface area (Å²) < 4.78 is 0. The summed E-state index contributed by atoms with van der Waals surface area (Å²) in [7, 11) is 0. The van der Waals surface area contributed by atoms with Crippen molar-refractivity contribution < 1.29 is 0 Å². The van der Waals surface area contributed by atoms with Crippen LogP contribution in [0, 0.1) is 0 Å². The average Bonchev–Trinajstić information content (AvgIpc) is 3.12. The molecular weight excluding hydrogens is 538 g/mol. The molecule has 0 aliphatic heterocycles. The number of pyridine rings is 2. The Bertz CT molecular complexity index is 2190. The highest BCUT2D eigenvalue weighted by Crippen LogP contribution is 2.33. The number of hydrogen-bond acceptors (Lipinski definition) is 5. The molecule has 0 saturated heterocycles. The third kappa shape index (κ3) is 4.86. The molecular formula is C39H25N5. The minimum Gasteiger partial charge on any atom is -0.265 e. The summed E-state index contributed by atoms with van der Waals surface area (Å²) in [6.45, 7) is 0. The van der Waals surface area contributed by atoms with Gasteiger partial charge in [0.2, 0.25) is 0 Å². The van der Waals surface area contributed by atoms with Gasteiger partial charge < -0.3 is 0 Å². The van der Waals surface area contributed by atoms with Crippen LogP contribution in [0.15, 0.2) is 152 Å². The van der Waals surface area contributed by atoms with E-state index in [0.29, 0.717) is 17.5 Å². The lowest BCUT2D eigenvalue weighted by atomic mass is 9.96. The molecule has 0 unspecified atom stereocenters. The van der Waals surface area contributed by atoms with Gasteiger partial charge in [-0.15, -0.1) is 0 Å². The predicted octanol–water partition coefficient (Wildman–Crippen LogP) is 9.30. The van der Waals surface area contributed by atoms with Gasteiger partial charge in [-0.25, -0.2) is 15.0 Å². The van der Waals surface area contributed by atoms with Crippen LogP contribution in [0.2, 0.25) is 0 Å². The van der Waals surface area contributed by atoms with Crippen LogP contribution in [0.1, 0.15) is 0 Å². The molecule has 0 bridgehead atoms. The van der Waals surface area contributed by atoms with E-state index in [-0.39, 0.29) is 0 Å². The molecule has 0 saturated carbocycles. The van der Waals surface area contributed by atoms with E-state index in [1.165, 1.54) is 16.2 Å². The molecule has 0 spiro atoms. The van der Waals surface area contributed by atoms with Crippen LogP contribution in [-0.4, -0.2) is 24.9 Å². The Labute approximate surface area is 254 Å². The predicted molar refractivity (Wildman–Crippen MR) is 178 cm³/mol. The smallest absolute Gasteiger partial charge is 0.164 e. The van der Waals surface area contributed by atoms with Crippen LogP contribution in [0.25, 0.3) is 78.1 Å². The van der Waals surface area contributed by atoms with E-state index in [4.69, 9.17) is 19.9 Å². The molecule has 5 heteroatoms. The van der Waals surface area contributed by atoms with Gasteiger partial charge in [0, 0.05) is 46.4 Å². The zero-order valence-corrected chi connectivity index (χ0v) is 23.7. The maximum Gasteiger partial charge on any atom is 0.164 e. The van der Waals surface area contributed by atoms with Crippen molar-refractivity contribution >= 4 is 21.5 Å². The van der Waals surface area contributed by atoms with Crippen molar-refractivity contribution in [1.29, 1.82) is 0 Å². The molecule has 5 aromatic carbocycles. The molecule has 0 aliphatic carbocycles. The summed E-state index contributed by atoms with van der Waals surface area (Å²) in [6, 6.07) is 45.7. The largest absolute Gasteiger partial charge is 0.265 e. The first kappa shape index (κ1) is 25.6. The van der Waals surface area contributed by atoms with Crippen molar-refractivity contribution in [2.45, 2.75) is 0 Å². The van der Waals surface area contributed by atoms with E-state index < -0.39 is 0 Å². The van der Waals surface area contributed by atoms with Crippen molar-refractivity contribution in [1.82, 2.24) is 24.9 Å². The van der Waals surface area contributed by atoms with Crippen molar-refractivity contribution in [3.63, 3.8) is 0 Å². The first-order valence-electron chi connectivity index (χ1n) is 14.5. The first-order valence-corrected chi connectivity index (χ1v) is 14.5. The Morgan fingerprint density at radius 3 is 1.45 bits per heavy atom. The third-order valence-corrected chi connectivity index (χ3v) is 7.87. The average molecular weight is 564 g/mol. The van der Waals surface area contributed by atoms with Gasteiger partial charge >= 0.3 is 0 Å². The highest BCUT2D eigenvalue weighted by molar-refractivity contribution is 6.09. The highest BCUT2D eigenvalue weighted by atomic mass is 15.0. The van der Waals surface area contributed by atoms with Crippen LogP contribution < -0.4 is 0 Å². The SMILES string of the molecule is c1ccc(-c2nc(-c3ccccc3)nc(-c3ccc4c(ccc5cc(-c6ccc(-c7ccncc7)nc6)ccc54)c3)n2)cc1.